The maximum Gasteiger partial charge on any atom is 0.183 e. The van der Waals surface area contributed by atoms with E-state index in [9.17, 15) is 4.21 Å². The van der Waals surface area contributed by atoms with Gasteiger partial charge in [0.05, 0.1) is 10.2 Å². The lowest BCUT2D eigenvalue weighted by Crippen LogP contribution is -2.14. The van der Waals surface area contributed by atoms with Crippen LogP contribution in [0.25, 0.3) is 10.2 Å². The highest BCUT2D eigenvalue weighted by Gasteiger charge is 2.07. The molecule has 1 N–H and O–H groups in total. The van der Waals surface area contributed by atoms with Gasteiger partial charge in [-0.25, -0.2) is 4.98 Å². The van der Waals surface area contributed by atoms with Crippen LogP contribution in [0.1, 0.15) is 13.3 Å². The van der Waals surface area contributed by atoms with Crippen LogP contribution in [0.5, 0.6) is 0 Å². The zero-order valence-corrected chi connectivity index (χ0v) is 13.5. The Kier molecular flexibility index (Phi) is 4.75. The summed E-state index contributed by atoms with van der Waals surface area (Å²) in [5, 5.41) is 4.45. The molecule has 2 rings (SSSR count). The van der Waals surface area contributed by atoms with Crippen molar-refractivity contribution in [3.8, 4) is 0 Å². The summed E-state index contributed by atoms with van der Waals surface area (Å²) in [5.74, 6) is 0. The molecule has 2 unspecified atom stereocenters. The summed E-state index contributed by atoms with van der Waals surface area (Å²) in [6.45, 7) is 2.81. The van der Waals surface area contributed by atoms with E-state index < -0.39 is 10.8 Å². The van der Waals surface area contributed by atoms with E-state index in [0.717, 1.165) is 28.1 Å². The summed E-state index contributed by atoms with van der Waals surface area (Å²) >= 11 is 5.10. The molecule has 0 saturated carbocycles. The Morgan fingerprint density at radius 3 is 3.06 bits per heavy atom. The van der Waals surface area contributed by atoms with Crippen LogP contribution in [0.2, 0.25) is 0 Å². The van der Waals surface area contributed by atoms with Gasteiger partial charge in [0.1, 0.15) is 0 Å². The number of halogens is 1. The van der Waals surface area contributed by atoms with Crippen molar-refractivity contribution in [1.82, 2.24) is 4.98 Å². The van der Waals surface area contributed by atoms with Crippen LogP contribution in [-0.4, -0.2) is 27.2 Å². The lowest BCUT2D eigenvalue weighted by Gasteiger charge is -2.07. The number of benzene rings is 1. The third kappa shape index (κ3) is 3.52. The molecule has 18 heavy (non-hydrogen) atoms. The minimum atomic E-state index is -0.749. The van der Waals surface area contributed by atoms with Crippen molar-refractivity contribution in [3.63, 3.8) is 0 Å². The number of thiazole rings is 1. The SMILES string of the molecule is CC(CCNc1nc2ccc(Br)cc2s1)S(C)=O. The number of hydrogen-bond acceptors (Lipinski definition) is 4. The minimum absolute atomic E-state index is 0.223. The Hall–Kier alpha value is -0.460. The van der Waals surface area contributed by atoms with Crippen molar-refractivity contribution >= 4 is 53.4 Å². The lowest BCUT2D eigenvalue weighted by atomic mass is 10.3. The van der Waals surface area contributed by atoms with Gasteiger partial charge in [-0.1, -0.05) is 34.2 Å². The normalized spacial score (nSPS) is 14.6. The van der Waals surface area contributed by atoms with E-state index >= 15 is 0 Å². The van der Waals surface area contributed by atoms with Gasteiger partial charge >= 0.3 is 0 Å². The van der Waals surface area contributed by atoms with Gasteiger partial charge in [-0.05, 0) is 24.6 Å². The van der Waals surface area contributed by atoms with Gasteiger partial charge in [0.2, 0.25) is 0 Å². The minimum Gasteiger partial charge on any atom is -0.361 e. The van der Waals surface area contributed by atoms with Crippen molar-refractivity contribution < 1.29 is 4.21 Å². The molecule has 1 aromatic heterocycles. The predicted molar refractivity (Wildman–Crippen MR) is 84.0 cm³/mol. The molecule has 0 aliphatic carbocycles. The number of aromatic nitrogens is 1. The topological polar surface area (TPSA) is 42.0 Å². The highest BCUT2D eigenvalue weighted by molar-refractivity contribution is 9.10. The van der Waals surface area contributed by atoms with Gasteiger partial charge in [0.15, 0.2) is 5.13 Å². The van der Waals surface area contributed by atoms with Gasteiger partial charge in [0, 0.05) is 33.3 Å². The molecule has 0 saturated heterocycles. The van der Waals surface area contributed by atoms with E-state index in [4.69, 9.17) is 0 Å². The fourth-order valence-corrected chi connectivity index (χ4v) is 3.42. The standard InChI is InChI=1S/C12H15BrN2OS2/c1-8(18(2)16)5-6-14-12-15-10-4-3-9(13)7-11(10)17-12/h3-4,7-8H,5-6H2,1-2H3,(H,14,15). The van der Waals surface area contributed by atoms with E-state index in [1.165, 1.54) is 4.70 Å². The number of nitrogens with zero attached hydrogens (tertiary/aromatic N) is 1. The molecule has 2 atom stereocenters. The summed E-state index contributed by atoms with van der Waals surface area (Å²) in [6.07, 6.45) is 2.64. The van der Waals surface area contributed by atoms with E-state index in [1.54, 1.807) is 17.6 Å². The quantitative estimate of drug-likeness (QED) is 0.898. The second-order valence-electron chi connectivity index (χ2n) is 4.16. The van der Waals surface area contributed by atoms with E-state index in [1.807, 2.05) is 19.1 Å². The van der Waals surface area contributed by atoms with Crippen LogP contribution in [0.3, 0.4) is 0 Å². The molecule has 1 heterocycles. The van der Waals surface area contributed by atoms with Crippen molar-refractivity contribution in [2.45, 2.75) is 18.6 Å². The molecular formula is C12H15BrN2OS2. The van der Waals surface area contributed by atoms with Crippen molar-refractivity contribution in [2.75, 3.05) is 18.1 Å². The maximum atomic E-state index is 11.2. The Labute approximate surface area is 122 Å². The average molecular weight is 347 g/mol. The second-order valence-corrected chi connectivity index (χ2v) is 7.90. The number of fused-ring (bicyclic) bond motifs is 1. The zero-order chi connectivity index (χ0) is 13.1. The van der Waals surface area contributed by atoms with Gasteiger partial charge in [-0.15, -0.1) is 0 Å². The molecule has 0 fully saturated rings. The maximum absolute atomic E-state index is 11.2. The second kappa shape index (κ2) is 6.12. The molecule has 0 spiro atoms. The van der Waals surface area contributed by atoms with Gasteiger partial charge in [0.25, 0.3) is 0 Å². The van der Waals surface area contributed by atoms with Crippen LogP contribution in [-0.2, 0) is 10.8 Å². The summed E-state index contributed by atoms with van der Waals surface area (Å²) < 4.78 is 13.5. The molecule has 98 valence electrons. The van der Waals surface area contributed by atoms with Crippen LogP contribution in [0, 0.1) is 0 Å². The van der Waals surface area contributed by atoms with Crippen LogP contribution in [0.4, 0.5) is 5.13 Å². The Morgan fingerprint density at radius 2 is 2.33 bits per heavy atom. The summed E-state index contributed by atoms with van der Waals surface area (Å²) in [4.78, 5) is 4.51. The fourth-order valence-electron chi connectivity index (χ4n) is 1.52. The van der Waals surface area contributed by atoms with Crippen LogP contribution in [0.15, 0.2) is 22.7 Å². The molecule has 0 bridgehead atoms. The summed E-state index contributed by atoms with van der Waals surface area (Å²) in [7, 11) is -0.749. The zero-order valence-electron chi connectivity index (χ0n) is 10.3. The number of rotatable bonds is 5. The molecule has 2 aromatic rings. The lowest BCUT2D eigenvalue weighted by molar-refractivity contribution is 0.672. The number of hydrogen-bond donors (Lipinski definition) is 1. The Morgan fingerprint density at radius 1 is 1.56 bits per heavy atom. The van der Waals surface area contributed by atoms with E-state index in [2.05, 4.69) is 32.3 Å². The Bertz CT molecular complexity index is 570. The molecule has 0 aliphatic heterocycles. The van der Waals surface area contributed by atoms with Crippen molar-refractivity contribution in [3.05, 3.63) is 22.7 Å². The smallest absolute Gasteiger partial charge is 0.183 e. The summed E-state index contributed by atoms with van der Waals surface area (Å²) in [5.41, 5.74) is 1.01. The highest BCUT2D eigenvalue weighted by Crippen LogP contribution is 2.28. The average Bonchev–Trinajstić information content (AvgIpc) is 2.70. The van der Waals surface area contributed by atoms with E-state index in [-0.39, 0.29) is 5.25 Å². The highest BCUT2D eigenvalue weighted by atomic mass is 79.9. The Balaban J connectivity index is 1.98. The van der Waals surface area contributed by atoms with Crippen molar-refractivity contribution in [2.24, 2.45) is 0 Å². The van der Waals surface area contributed by atoms with Crippen molar-refractivity contribution in [1.29, 1.82) is 0 Å². The monoisotopic (exact) mass is 346 g/mol. The molecule has 0 aliphatic rings. The molecule has 0 radical (unpaired) electrons. The first-order valence-electron chi connectivity index (χ1n) is 5.68. The van der Waals surface area contributed by atoms with E-state index in [0.29, 0.717) is 0 Å². The first-order valence-corrected chi connectivity index (χ1v) is 8.91. The van der Waals surface area contributed by atoms with Gasteiger partial charge < -0.3 is 5.32 Å². The fraction of sp³-hybridized carbons (Fsp3) is 0.417. The summed E-state index contributed by atoms with van der Waals surface area (Å²) in [6, 6.07) is 6.07. The number of anilines is 1. The van der Waals surface area contributed by atoms with Gasteiger partial charge in [-0.3, -0.25) is 4.21 Å². The van der Waals surface area contributed by atoms with Crippen LogP contribution < -0.4 is 5.32 Å². The number of nitrogens with one attached hydrogen (secondary N) is 1. The third-order valence-corrected chi connectivity index (χ3v) is 5.58. The molecular weight excluding hydrogens is 332 g/mol. The molecule has 6 heteroatoms. The predicted octanol–water partition coefficient (Wildman–Crippen LogP) is 3.63. The largest absolute Gasteiger partial charge is 0.361 e. The molecule has 0 amide bonds. The first kappa shape index (κ1) is 14.0. The van der Waals surface area contributed by atoms with Crippen LogP contribution >= 0.6 is 27.3 Å². The molecule has 3 nitrogen and oxygen atoms in total. The van der Waals surface area contributed by atoms with Gasteiger partial charge in [-0.2, -0.15) is 0 Å². The molecule has 1 aromatic carbocycles. The first-order chi connectivity index (χ1) is 8.56. The third-order valence-electron chi connectivity index (χ3n) is 2.74.